The summed E-state index contributed by atoms with van der Waals surface area (Å²) < 4.78 is 1.82. The van der Waals surface area contributed by atoms with Crippen LogP contribution in [0, 0.1) is 5.92 Å². The summed E-state index contributed by atoms with van der Waals surface area (Å²) in [5.41, 5.74) is 0.866. The van der Waals surface area contributed by atoms with Gasteiger partial charge in [0.25, 0.3) is 0 Å². The van der Waals surface area contributed by atoms with Crippen molar-refractivity contribution < 1.29 is 9.90 Å². The lowest BCUT2D eigenvalue weighted by molar-refractivity contribution is -0.131. The van der Waals surface area contributed by atoms with Crippen LogP contribution in [-0.4, -0.2) is 33.6 Å². The average Bonchev–Trinajstić information content (AvgIpc) is 2.74. The fourth-order valence-corrected chi connectivity index (χ4v) is 1.67. The Morgan fingerprint density at radius 2 is 2.00 bits per heavy atom. The molecule has 1 heterocycles. The van der Waals surface area contributed by atoms with E-state index in [9.17, 15) is 9.90 Å². The smallest absolute Gasteiger partial charge is 0.242 e. The molecule has 0 aliphatic carbocycles. The molecule has 1 amide bonds. The van der Waals surface area contributed by atoms with E-state index < -0.39 is 6.10 Å². The van der Waals surface area contributed by atoms with E-state index in [-0.39, 0.29) is 17.9 Å². The van der Waals surface area contributed by atoms with Gasteiger partial charge in [-0.2, -0.15) is 0 Å². The molecule has 0 saturated carbocycles. The van der Waals surface area contributed by atoms with Crippen molar-refractivity contribution in [3.05, 3.63) is 24.0 Å². The molecule has 0 bridgehead atoms. The van der Waals surface area contributed by atoms with Crippen molar-refractivity contribution in [2.45, 2.75) is 46.4 Å². The van der Waals surface area contributed by atoms with Crippen molar-refractivity contribution in [2.75, 3.05) is 7.05 Å². The summed E-state index contributed by atoms with van der Waals surface area (Å²) in [4.78, 5) is 13.6. The third kappa shape index (κ3) is 3.60. The molecule has 4 nitrogen and oxygen atoms in total. The molecule has 0 radical (unpaired) electrons. The quantitative estimate of drug-likeness (QED) is 0.871. The zero-order chi connectivity index (χ0) is 13.9. The largest absolute Gasteiger partial charge is 0.388 e. The van der Waals surface area contributed by atoms with Crippen LogP contribution >= 0.6 is 0 Å². The number of aromatic nitrogens is 1. The molecule has 1 rings (SSSR count). The molecule has 0 aromatic carbocycles. The number of carbonyl (C=O) groups excluding carboxylic acids is 1. The number of hydrogen-bond acceptors (Lipinski definition) is 2. The Morgan fingerprint density at radius 1 is 1.39 bits per heavy atom. The topological polar surface area (TPSA) is 45.5 Å². The van der Waals surface area contributed by atoms with Crippen LogP contribution < -0.4 is 0 Å². The van der Waals surface area contributed by atoms with Crippen LogP contribution in [0.25, 0.3) is 0 Å². The summed E-state index contributed by atoms with van der Waals surface area (Å²) >= 11 is 0. The minimum Gasteiger partial charge on any atom is -0.388 e. The summed E-state index contributed by atoms with van der Waals surface area (Å²) in [5, 5.41) is 9.93. The molecule has 18 heavy (non-hydrogen) atoms. The van der Waals surface area contributed by atoms with Crippen molar-refractivity contribution in [3.8, 4) is 0 Å². The Balaban J connectivity index is 2.67. The molecule has 4 heteroatoms. The van der Waals surface area contributed by atoms with Crippen LogP contribution in [0.5, 0.6) is 0 Å². The lowest BCUT2D eigenvalue weighted by Gasteiger charge is -2.21. The van der Waals surface area contributed by atoms with Gasteiger partial charge in [0, 0.05) is 25.5 Å². The second kappa shape index (κ2) is 6.05. The van der Waals surface area contributed by atoms with E-state index in [1.165, 1.54) is 0 Å². The molecule has 0 spiro atoms. The number of carbonyl (C=O) groups is 1. The van der Waals surface area contributed by atoms with Crippen LogP contribution in [0.1, 0.15) is 39.4 Å². The van der Waals surface area contributed by atoms with Gasteiger partial charge in [-0.3, -0.25) is 4.79 Å². The molecule has 1 N–H and O–H groups in total. The number of aliphatic hydroxyl groups excluding tert-OH is 1. The maximum atomic E-state index is 11.9. The van der Waals surface area contributed by atoms with Gasteiger partial charge in [0.05, 0.1) is 6.10 Å². The molecule has 0 saturated heterocycles. The highest BCUT2D eigenvalue weighted by atomic mass is 16.3. The molecular weight excluding hydrogens is 228 g/mol. The standard InChI is InChI=1S/C14H24N2O2/c1-10(2)14(18)12-6-7-16(8-12)9-13(17)15(5)11(3)4/h6-8,10-11,14,18H,9H2,1-5H3. The van der Waals surface area contributed by atoms with Gasteiger partial charge >= 0.3 is 0 Å². The predicted octanol–water partition coefficient (Wildman–Crippen LogP) is 2.04. The lowest BCUT2D eigenvalue weighted by Crippen LogP contribution is -2.35. The zero-order valence-corrected chi connectivity index (χ0v) is 11.9. The number of hydrogen-bond donors (Lipinski definition) is 1. The Bertz CT molecular complexity index is 396. The third-order valence-corrected chi connectivity index (χ3v) is 3.23. The predicted molar refractivity (Wildman–Crippen MR) is 72.1 cm³/mol. The molecule has 1 aromatic heterocycles. The normalized spacial score (nSPS) is 13.1. The monoisotopic (exact) mass is 252 g/mol. The summed E-state index contributed by atoms with van der Waals surface area (Å²) in [6.07, 6.45) is 3.22. The van der Waals surface area contributed by atoms with Gasteiger partial charge in [0.15, 0.2) is 0 Å². The first-order valence-electron chi connectivity index (χ1n) is 6.42. The summed E-state index contributed by atoms with van der Waals surface area (Å²) in [5.74, 6) is 0.251. The molecule has 0 fully saturated rings. The van der Waals surface area contributed by atoms with Gasteiger partial charge in [-0.25, -0.2) is 0 Å². The highest BCUT2D eigenvalue weighted by Crippen LogP contribution is 2.21. The van der Waals surface area contributed by atoms with Crippen molar-refractivity contribution in [1.82, 2.24) is 9.47 Å². The van der Waals surface area contributed by atoms with Crippen molar-refractivity contribution >= 4 is 5.91 Å². The number of aliphatic hydroxyl groups is 1. The number of amides is 1. The SMILES string of the molecule is CC(C)C(O)c1ccn(CC(=O)N(C)C(C)C)c1. The highest BCUT2D eigenvalue weighted by Gasteiger charge is 2.15. The highest BCUT2D eigenvalue weighted by molar-refractivity contribution is 5.76. The second-order valence-corrected chi connectivity index (χ2v) is 5.40. The van der Waals surface area contributed by atoms with Crippen LogP contribution in [0.2, 0.25) is 0 Å². The van der Waals surface area contributed by atoms with Crippen LogP contribution in [0.3, 0.4) is 0 Å². The maximum absolute atomic E-state index is 11.9. The molecule has 0 aliphatic heterocycles. The molecule has 0 aliphatic rings. The molecular formula is C14H24N2O2. The Kier molecular flexibility index (Phi) is 4.96. The summed E-state index contributed by atoms with van der Waals surface area (Å²) in [6.45, 7) is 8.24. The first-order valence-corrected chi connectivity index (χ1v) is 6.42. The van der Waals surface area contributed by atoms with E-state index in [0.29, 0.717) is 6.54 Å². The molecule has 1 unspecified atom stereocenters. The van der Waals surface area contributed by atoms with E-state index in [0.717, 1.165) is 5.56 Å². The first-order chi connectivity index (χ1) is 8.32. The van der Waals surface area contributed by atoms with Gasteiger partial charge in [0.2, 0.25) is 5.91 Å². The first kappa shape index (κ1) is 14.8. The van der Waals surface area contributed by atoms with Crippen molar-refractivity contribution in [2.24, 2.45) is 5.92 Å². The fourth-order valence-electron chi connectivity index (χ4n) is 1.67. The van der Waals surface area contributed by atoms with Crippen molar-refractivity contribution in [3.63, 3.8) is 0 Å². The number of nitrogens with zero attached hydrogens (tertiary/aromatic N) is 2. The van der Waals surface area contributed by atoms with Crippen LogP contribution in [0.15, 0.2) is 18.5 Å². The van der Waals surface area contributed by atoms with Crippen LogP contribution in [-0.2, 0) is 11.3 Å². The Labute approximate surface area is 109 Å². The molecule has 102 valence electrons. The Morgan fingerprint density at radius 3 is 2.50 bits per heavy atom. The minimum atomic E-state index is -0.468. The van der Waals surface area contributed by atoms with Gasteiger partial charge in [-0.05, 0) is 31.4 Å². The fraction of sp³-hybridized carbons (Fsp3) is 0.643. The lowest BCUT2D eigenvalue weighted by atomic mass is 10.0. The zero-order valence-electron chi connectivity index (χ0n) is 11.9. The maximum Gasteiger partial charge on any atom is 0.242 e. The third-order valence-electron chi connectivity index (χ3n) is 3.23. The van der Waals surface area contributed by atoms with E-state index in [2.05, 4.69) is 0 Å². The minimum absolute atomic E-state index is 0.0752. The van der Waals surface area contributed by atoms with Crippen LogP contribution in [0.4, 0.5) is 0 Å². The van der Waals surface area contributed by atoms with Gasteiger partial charge in [-0.1, -0.05) is 13.8 Å². The van der Waals surface area contributed by atoms with E-state index in [4.69, 9.17) is 0 Å². The molecule has 1 aromatic rings. The van der Waals surface area contributed by atoms with Gasteiger partial charge < -0.3 is 14.6 Å². The van der Waals surface area contributed by atoms with E-state index >= 15 is 0 Å². The second-order valence-electron chi connectivity index (χ2n) is 5.40. The van der Waals surface area contributed by atoms with E-state index in [1.807, 2.05) is 50.7 Å². The van der Waals surface area contributed by atoms with Crippen molar-refractivity contribution in [1.29, 1.82) is 0 Å². The summed E-state index contributed by atoms with van der Waals surface area (Å²) in [6, 6.07) is 2.07. The van der Waals surface area contributed by atoms with Gasteiger partial charge in [-0.15, -0.1) is 0 Å². The molecule has 1 atom stereocenters. The summed E-state index contributed by atoms with van der Waals surface area (Å²) in [7, 11) is 1.81. The van der Waals surface area contributed by atoms with Gasteiger partial charge in [0.1, 0.15) is 6.54 Å². The van der Waals surface area contributed by atoms with E-state index in [1.54, 1.807) is 11.9 Å². The number of likely N-dealkylation sites (N-methyl/N-ethyl adjacent to an activating group) is 1. The number of rotatable bonds is 5. The Hall–Kier alpha value is -1.29. The average molecular weight is 252 g/mol.